The van der Waals surface area contributed by atoms with Gasteiger partial charge in [0.15, 0.2) is 5.82 Å². The monoisotopic (exact) mass is 241 g/mol. The molecule has 92 valence electrons. The number of amides is 1. The van der Waals surface area contributed by atoms with Gasteiger partial charge in [-0.1, -0.05) is 0 Å². The molecule has 1 aliphatic heterocycles. The van der Waals surface area contributed by atoms with Crippen LogP contribution in [0.15, 0.2) is 12.1 Å². The van der Waals surface area contributed by atoms with E-state index in [9.17, 15) is 13.6 Å². The fraction of sp³-hybridized carbons (Fsp3) is 0.364. The second-order valence-corrected chi connectivity index (χ2v) is 4.07. The summed E-state index contributed by atoms with van der Waals surface area (Å²) in [6.07, 6.45) is 1.32. The summed E-state index contributed by atoms with van der Waals surface area (Å²) in [7, 11) is 0. The number of nitrogens with two attached hydrogens (primary N) is 2. The molecule has 1 fully saturated rings. The van der Waals surface area contributed by atoms with Gasteiger partial charge in [0.25, 0.3) is 0 Å². The average molecular weight is 241 g/mol. The number of rotatable bonds is 2. The van der Waals surface area contributed by atoms with Crippen LogP contribution in [0.3, 0.4) is 0 Å². The number of nitrogen functional groups attached to an aromatic ring is 1. The first kappa shape index (κ1) is 11.6. The quantitative estimate of drug-likeness (QED) is 0.759. The Morgan fingerprint density at radius 3 is 2.76 bits per heavy atom. The van der Waals surface area contributed by atoms with Gasteiger partial charge < -0.3 is 16.4 Å². The van der Waals surface area contributed by atoms with Crippen LogP contribution in [-0.4, -0.2) is 18.5 Å². The maximum Gasteiger partial charge on any atom is 0.240 e. The molecule has 0 saturated carbocycles. The lowest BCUT2D eigenvalue weighted by Gasteiger charge is -2.25. The Bertz CT molecular complexity index is 464. The van der Waals surface area contributed by atoms with Crippen LogP contribution in [0.4, 0.5) is 20.2 Å². The fourth-order valence-corrected chi connectivity index (χ4v) is 2.16. The van der Waals surface area contributed by atoms with Gasteiger partial charge in [-0.15, -0.1) is 0 Å². The average Bonchev–Trinajstić information content (AvgIpc) is 2.72. The third kappa shape index (κ3) is 2.02. The van der Waals surface area contributed by atoms with Crippen molar-refractivity contribution < 1.29 is 13.6 Å². The van der Waals surface area contributed by atoms with E-state index in [1.165, 1.54) is 0 Å². The first-order chi connectivity index (χ1) is 8.00. The smallest absolute Gasteiger partial charge is 0.240 e. The van der Waals surface area contributed by atoms with Crippen molar-refractivity contribution in [2.24, 2.45) is 5.73 Å². The van der Waals surface area contributed by atoms with Crippen molar-refractivity contribution in [3.63, 3.8) is 0 Å². The fourth-order valence-electron chi connectivity index (χ4n) is 2.16. The van der Waals surface area contributed by atoms with E-state index in [4.69, 9.17) is 11.5 Å². The molecular formula is C11H13F2N3O. The molecule has 1 aliphatic rings. The van der Waals surface area contributed by atoms with Crippen molar-refractivity contribution >= 4 is 17.3 Å². The summed E-state index contributed by atoms with van der Waals surface area (Å²) in [6, 6.07) is 1.30. The van der Waals surface area contributed by atoms with Crippen molar-refractivity contribution in [2.75, 3.05) is 17.2 Å². The largest absolute Gasteiger partial charge is 0.395 e. The lowest BCUT2D eigenvalue weighted by molar-refractivity contribution is -0.119. The Morgan fingerprint density at radius 1 is 1.41 bits per heavy atom. The van der Waals surface area contributed by atoms with Gasteiger partial charge in [0.2, 0.25) is 5.91 Å². The number of primary amides is 1. The lowest BCUT2D eigenvalue weighted by atomic mass is 10.2. The zero-order valence-electron chi connectivity index (χ0n) is 9.12. The number of anilines is 2. The first-order valence-electron chi connectivity index (χ1n) is 5.31. The molecule has 1 unspecified atom stereocenters. The third-order valence-electron chi connectivity index (χ3n) is 2.96. The van der Waals surface area contributed by atoms with E-state index < -0.39 is 23.6 Å². The van der Waals surface area contributed by atoms with E-state index in [0.717, 1.165) is 12.5 Å². The second kappa shape index (κ2) is 4.20. The van der Waals surface area contributed by atoms with E-state index in [-0.39, 0.29) is 11.4 Å². The summed E-state index contributed by atoms with van der Waals surface area (Å²) in [5, 5.41) is 0. The SMILES string of the molecule is NC(=O)C1CCCN1c1cc(F)cc(F)c1N. The molecule has 1 atom stereocenters. The molecule has 1 saturated heterocycles. The summed E-state index contributed by atoms with van der Waals surface area (Å²) in [5.41, 5.74) is 10.8. The van der Waals surface area contributed by atoms with Crippen LogP contribution < -0.4 is 16.4 Å². The zero-order valence-corrected chi connectivity index (χ0v) is 9.12. The highest BCUT2D eigenvalue weighted by atomic mass is 19.1. The molecule has 0 radical (unpaired) electrons. The number of benzene rings is 1. The number of carbonyl (C=O) groups is 1. The molecule has 1 amide bonds. The maximum atomic E-state index is 13.3. The third-order valence-corrected chi connectivity index (χ3v) is 2.96. The highest BCUT2D eigenvalue weighted by Crippen LogP contribution is 2.32. The van der Waals surface area contributed by atoms with Crippen LogP contribution in [0.25, 0.3) is 0 Å². The normalized spacial score (nSPS) is 19.6. The van der Waals surface area contributed by atoms with Crippen molar-refractivity contribution in [1.82, 2.24) is 0 Å². The topological polar surface area (TPSA) is 72.4 Å². The van der Waals surface area contributed by atoms with Gasteiger partial charge >= 0.3 is 0 Å². The van der Waals surface area contributed by atoms with Gasteiger partial charge in [-0.25, -0.2) is 8.78 Å². The predicted octanol–water partition coefficient (Wildman–Crippen LogP) is 1.00. The van der Waals surface area contributed by atoms with E-state index in [0.29, 0.717) is 19.0 Å². The number of carbonyl (C=O) groups excluding carboxylic acids is 1. The standard InChI is InChI=1S/C11H13F2N3O/c12-6-4-7(13)10(14)9(5-6)16-3-1-2-8(16)11(15)17/h4-5,8H,1-3,14H2,(H2,15,17). The predicted molar refractivity (Wildman–Crippen MR) is 60.3 cm³/mol. The van der Waals surface area contributed by atoms with Crippen LogP contribution in [-0.2, 0) is 4.79 Å². The molecule has 1 aromatic carbocycles. The number of hydrogen-bond donors (Lipinski definition) is 2. The highest BCUT2D eigenvalue weighted by Gasteiger charge is 2.31. The number of halogens is 2. The van der Waals surface area contributed by atoms with Crippen molar-refractivity contribution in [3.8, 4) is 0 Å². The number of hydrogen-bond acceptors (Lipinski definition) is 3. The molecule has 1 aromatic rings. The van der Waals surface area contributed by atoms with Crippen molar-refractivity contribution in [2.45, 2.75) is 18.9 Å². The Kier molecular flexibility index (Phi) is 2.87. The maximum absolute atomic E-state index is 13.3. The van der Waals surface area contributed by atoms with Gasteiger partial charge in [-0.05, 0) is 18.9 Å². The van der Waals surface area contributed by atoms with Crippen LogP contribution >= 0.6 is 0 Å². The lowest BCUT2D eigenvalue weighted by Crippen LogP contribution is -2.40. The minimum absolute atomic E-state index is 0.153. The van der Waals surface area contributed by atoms with Gasteiger partial charge in [0.05, 0.1) is 11.4 Å². The second-order valence-electron chi connectivity index (χ2n) is 4.07. The molecule has 0 aliphatic carbocycles. The van der Waals surface area contributed by atoms with Crippen LogP contribution in [0.2, 0.25) is 0 Å². The van der Waals surface area contributed by atoms with Gasteiger partial charge in [-0.3, -0.25) is 4.79 Å². The minimum Gasteiger partial charge on any atom is -0.395 e. The molecule has 17 heavy (non-hydrogen) atoms. The van der Waals surface area contributed by atoms with Crippen LogP contribution in [0, 0.1) is 11.6 Å². The van der Waals surface area contributed by atoms with Gasteiger partial charge in [0.1, 0.15) is 11.9 Å². The number of nitrogens with zero attached hydrogens (tertiary/aromatic N) is 1. The summed E-state index contributed by atoms with van der Waals surface area (Å²) < 4.78 is 26.5. The van der Waals surface area contributed by atoms with Crippen LogP contribution in [0.5, 0.6) is 0 Å². The summed E-state index contributed by atoms with van der Waals surface area (Å²) in [4.78, 5) is 12.8. The first-order valence-corrected chi connectivity index (χ1v) is 5.31. The molecule has 0 bridgehead atoms. The summed E-state index contributed by atoms with van der Waals surface area (Å²) in [5.74, 6) is -2.05. The molecule has 6 heteroatoms. The van der Waals surface area contributed by atoms with Crippen molar-refractivity contribution in [1.29, 1.82) is 0 Å². The van der Waals surface area contributed by atoms with E-state index >= 15 is 0 Å². The van der Waals surface area contributed by atoms with E-state index in [2.05, 4.69) is 0 Å². The van der Waals surface area contributed by atoms with Crippen molar-refractivity contribution in [3.05, 3.63) is 23.8 Å². The minimum atomic E-state index is -0.824. The summed E-state index contributed by atoms with van der Waals surface area (Å²) >= 11 is 0. The Labute approximate surface area is 97.2 Å². The Hall–Kier alpha value is -1.85. The molecule has 4 N–H and O–H groups in total. The van der Waals surface area contributed by atoms with E-state index in [1.807, 2.05) is 0 Å². The zero-order chi connectivity index (χ0) is 12.6. The Morgan fingerprint density at radius 2 is 2.12 bits per heavy atom. The van der Waals surface area contributed by atoms with E-state index in [1.54, 1.807) is 4.90 Å². The molecule has 2 rings (SSSR count). The molecule has 1 heterocycles. The van der Waals surface area contributed by atoms with Crippen LogP contribution in [0.1, 0.15) is 12.8 Å². The highest BCUT2D eigenvalue weighted by molar-refractivity contribution is 5.86. The molecule has 0 spiro atoms. The molecular weight excluding hydrogens is 228 g/mol. The molecule has 4 nitrogen and oxygen atoms in total. The Balaban J connectivity index is 2.43. The summed E-state index contributed by atoms with van der Waals surface area (Å²) in [6.45, 7) is 0.515. The van der Waals surface area contributed by atoms with Gasteiger partial charge in [-0.2, -0.15) is 0 Å². The molecule has 0 aromatic heterocycles. The van der Waals surface area contributed by atoms with Gasteiger partial charge in [0, 0.05) is 12.6 Å².